The Morgan fingerprint density at radius 3 is 2.23 bits per heavy atom. The topological polar surface area (TPSA) is 189 Å². The van der Waals surface area contributed by atoms with Crippen molar-refractivity contribution in [1.82, 2.24) is 49.7 Å². The van der Waals surface area contributed by atoms with Crippen molar-refractivity contribution in [3.8, 4) is 11.1 Å². The predicted octanol–water partition coefficient (Wildman–Crippen LogP) is 4.09. The molecule has 0 radical (unpaired) electrons. The van der Waals surface area contributed by atoms with Gasteiger partial charge in [-0.15, -0.1) is 0 Å². The second kappa shape index (κ2) is 18.1. The van der Waals surface area contributed by atoms with Crippen LogP contribution in [0.5, 0.6) is 0 Å². The summed E-state index contributed by atoms with van der Waals surface area (Å²) in [6.45, 7) is 7.88. The number of carbonyl (C=O) groups is 3. The molecule has 7 rings (SSSR count). The Bertz CT molecular complexity index is 2440. The van der Waals surface area contributed by atoms with E-state index in [0.717, 1.165) is 22.5 Å². The summed E-state index contributed by atoms with van der Waals surface area (Å²) in [5.74, 6) is 0.211. The molecule has 4 N–H and O–H groups in total. The van der Waals surface area contributed by atoms with E-state index in [0.29, 0.717) is 54.5 Å². The number of halogens is 1. The zero-order valence-corrected chi connectivity index (χ0v) is 34.4. The third-order valence-electron chi connectivity index (χ3n) is 10.4. The quantitative estimate of drug-likeness (QED) is 0.0991. The molecule has 60 heavy (non-hydrogen) atoms. The number of carbonyl (C=O) groups excluding carboxylic acids is 3. The van der Waals surface area contributed by atoms with E-state index in [9.17, 15) is 18.8 Å². The van der Waals surface area contributed by atoms with Gasteiger partial charge in [-0.25, -0.2) is 28.7 Å². The molecule has 0 spiro atoms. The highest BCUT2D eigenvalue weighted by Crippen LogP contribution is 2.31. The fraction of sp³-hybridized carbons (Fsp3) is 0.317. The van der Waals surface area contributed by atoms with Crippen LogP contribution >= 0.6 is 12.8 Å². The summed E-state index contributed by atoms with van der Waals surface area (Å²) in [6, 6.07) is 14.1. The van der Waals surface area contributed by atoms with Crippen LogP contribution in [0, 0.1) is 11.7 Å². The molecule has 1 fully saturated rings. The Kier molecular flexibility index (Phi) is 12.6. The molecule has 0 aliphatic carbocycles. The first-order valence-corrected chi connectivity index (χ1v) is 19.8. The lowest BCUT2D eigenvalue weighted by Crippen LogP contribution is -2.48. The molecule has 17 nitrogen and oxygen atoms in total. The van der Waals surface area contributed by atoms with E-state index in [1.165, 1.54) is 12.1 Å². The van der Waals surface area contributed by atoms with Crippen molar-refractivity contribution >= 4 is 53.7 Å². The molecule has 5 heterocycles. The molecular formula is C41H46FN13O4S. The van der Waals surface area contributed by atoms with E-state index >= 15 is 0 Å². The lowest BCUT2D eigenvalue weighted by Gasteiger charge is -2.36. The van der Waals surface area contributed by atoms with Crippen LogP contribution in [0.25, 0.3) is 16.6 Å². The molecule has 6 aromatic rings. The van der Waals surface area contributed by atoms with E-state index in [1.807, 2.05) is 44.0 Å². The third-order valence-corrected chi connectivity index (χ3v) is 10.7. The molecule has 1 saturated heterocycles. The van der Waals surface area contributed by atoms with Crippen molar-refractivity contribution in [2.75, 3.05) is 47.8 Å². The average Bonchev–Trinajstić information content (AvgIpc) is 3.89. The predicted molar refractivity (Wildman–Crippen MR) is 227 cm³/mol. The van der Waals surface area contributed by atoms with Crippen molar-refractivity contribution in [2.24, 2.45) is 13.0 Å². The number of alkyl carbamates (subject to hydrolysis) is 1. The minimum absolute atomic E-state index is 0.0118. The van der Waals surface area contributed by atoms with Gasteiger partial charge < -0.3 is 30.5 Å². The van der Waals surface area contributed by atoms with E-state index in [-0.39, 0.29) is 25.0 Å². The van der Waals surface area contributed by atoms with Gasteiger partial charge in [0.1, 0.15) is 24.3 Å². The van der Waals surface area contributed by atoms with Crippen LogP contribution in [0.3, 0.4) is 0 Å². The number of thiol groups is 1. The first-order valence-electron chi connectivity index (χ1n) is 19.3. The average molecular weight is 836 g/mol. The van der Waals surface area contributed by atoms with Crippen LogP contribution in [-0.4, -0.2) is 91.0 Å². The number of fused-ring (bicyclic) bond motifs is 1. The summed E-state index contributed by atoms with van der Waals surface area (Å²) in [4.78, 5) is 56.4. The molecule has 2 atom stereocenters. The minimum Gasteiger partial charge on any atom is -0.445 e. The molecule has 3 amide bonds. The largest absolute Gasteiger partial charge is 0.445 e. The van der Waals surface area contributed by atoms with Crippen LogP contribution in [0.15, 0.2) is 91.9 Å². The van der Waals surface area contributed by atoms with Crippen LogP contribution in [0.1, 0.15) is 37.5 Å². The second-order valence-corrected chi connectivity index (χ2v) is 15.2. The summed E-state index contributed by atoms with van der Waals surface area (Å²) in [5.41, 5.74) is 4.04. The van der Waals surface area contributed by atoms with Crippen LogP contribution in [-0.2, 0) is 33.5 Å². The Morgan fingerprint density at radius 1 is 0.883 bits per heavy atom. The van der Waals surface area contributed by atoms with Gasteiger partial charge >= 0.3 is 6.09 Å². The Hall–Kier alpha value is -6.60. The number of ether oxygens (including phenoxy) is 1. The molecule has 1 aliphatic rings. The molecule has 4 aromatic heterocycles. The molecule has 2 aromatic carbocycles. The van der Waals surface area contributed by atoms with E-state index in [1.54, 1.807) is 66.7 Å². The van der Waals surface area contributed by atoms with Gasteiger partial charge in [-0.05, 0) is 54.3 Å². The first kappa shape index (κ1) is 41.6. The van der Waals surface area contributed by atoms with Gasteiger partial charge in [-0.2, -0.15) is 10.2 Å². The summed E-state index contributed by atoms with van der Waals surface area (Å²) in [5, 5.41) is 17.0. The number of aryl methyl sites for hydroxylation is 1. The standard InChI is InChI=1S/C41H46FN13O4S/c1-26(2)36(51-60)38(57)43-21-35(56)49-33-11-5-27(6-12-33)24-59-40(58)50-41(3,30-7-9-32(42)10-8-30)31-19-44-39(45-20-31)54-15-13-53(14-16-54)37-34-17-28(23-55(34)48-25-46-37)29-18-47-52(4)22-29/h5-12,17-20,22-23,25-26,36,51,60H,13-16,21,24H2,1-4H3,(H,43,57)(H,49,56)(H,50,58)/t36?,41-/m0/s1. The number of nitrogens with one attached hydrogen (secondary N) is 4. The van der Waals surface area contributed by atoms with Crippen molar-refractivity contribution in [1.29, 1.82) is 0 Å². The monoisotopic (exact) mass is 835 g/mol. The van der Waals surface area contributed by atoms with Gasteiger partial charge in [0, 0.05) is 80.4 Å². The second-order valence-electron chi connectivity index (χ2n) is 14.9. The SMILES string of the molecule is CC(C)C(NS)C(=O)NCC(=O)Nc1ccc(COC(=O)N[C@@](C)(c2ccc(F)cc2)c2cnc(N3CCN(c4ncnn5cc(-c6cnn(C)c6)cc45)CC3)nc2)cc1. The maximum absolute atomic E-state index is 14.0. The number of benzene rings is 2. The Balaban J connectivity index is 0.960. The smallest absolute Gasteiger partial charge is 0.408 e. The van der Waals surface area contributed by atoms with Gasteiger partial charge in [0.2, 0.25) is 17.8 Å². The lowest BCUT2D eigenvalue weighted by atomic mass is 9.86. The fourth-order valence-corrected chi connectivity index (χ4v) is 7.33. The van der Waals surface area contributed by atoms with Crippen molar-refractivity contribution in [3.63, 3.8) is 0 Å². The molecule has 1 unspecified atom stereocenters. The number of nitrogens with zero attached hydrogens (tertiary/aromatic N) is 9. The highest BCUT2D eigenvalue weighted by molar-refractivity contribution is 7.78. The zero-order chi connectivity index (χ0) is 42.4. The highest BCUT2D eigenvalue weighted by atomic mass is 32.1. The molecule has 19 heteroatoms. The summed E-state index contributed by atoms with van der Waals surface area (Å²) < 4.78 is 25.9. The number of amides is 3. The number of hydrogen-bond donors (Lipinski definition) is 5. The molecular weight excluding hydrogens is 790 g/mol. The normalized spacial score (nSPS) is 14.4. The number of anilines is 3. The summed E-state index contributed by atoms with van der Waals surface area (Å²) >= 11 is 3.99. The van der Waals surface area contributed by atoms with Crippen LogP contribution in [0.2, 0.25) is 0 Å². The molecule has 312 valence electrons. The first-order chi connectivity index (χ1) is 28.9. The van der Waals surface area contributed by atoms with Gasteiger partial charge in [-0.1, -0.05) is 50.9 Å². The van der Waals surface area contributed by atoms with Crippen molar-refractivity contribution in [2.45, 2.75) is 39.0 Å². The van der Waals surface area contributed by atoms with Gasteiger partial charge in [-0.3, -0.25) is 19.0 Å². The Morgan fingerprint density at radius 2 is 1.58 bits per heavy atom. The van der Waals surface area contributed by atoms with Gasteiger partial charge in [0.05, 0.1) is 24.3 Å². The highest BCUT2D eigenvalue weighted by Gasteiger charge is 2.33. The van der Waals surface area contributed by atoms with Crippen LogP contribution in [0.4, 0.5) is 26.6 Å². The number of hydrogen-bond acceptors (Lipinski definition) is 13. The fourth-order valence-electron chi connectivity index (χ4n) is 6.91. The third kappa shape index (κ3) is 9.47. The minimum atomic E-state index is -1.19. The maximum Gasteiger partial charge on any atom is 0.408 e. The van der Waals surface area contributed by atoms with E-state index in [4.69, 9.17) is 14.7 Å². The maximum atomic E-state index is 14.0. The number of rotatable bonds is 14. The summed E-state index contributed by atoms with van der Waals surface area (Å²) in [6.07, 6.45) is 9.91. The lowest BCUT2D eigenvalue weighted by molar-refractivity contribution is -0.126. The van der Waals surface area contributed by atoms with Crippen LogP contribution < -0.4 is 30.5 Å². The number of aromatic nitrogens is 7. The molecule has 0 saturated carbocycles. The van der Waals surface area contributed by atoms with Crippen molar-refractivity contribution in [3.05, 3.63) is 114 Å². The Labute approximate surface area is 351 Å². The van der Waals surface area contributed by atoms with E-state index < -0.39 is 29.4 Å². The zero-order valence-electron chi connectivity index (χ0n) is 33.5. The number of piperazine rings is 1. The molecule has 1 aliphatic heterocycles. The molecule has 0 bridgehead atoms. The van der Waals surface area contributed by atoms with Gasteiger partial charge in [0.25, 0.3) is 0 Å². The van der Waals surface area contributed by atoms with Crippen molar-refractivity contribution < 1.29 is 23.5 Å². The van der Waals surface area contributed by atoms with Gasteiger partial charge in [0.15, 0.2) is 5.82 Å². The summed E-state index contributed by atoms with van der Waals surface area (Å²) in [7, 11) is 1.88. The van der Waals surface area contributed by atoms with E-state index in [2.05, 4.69) is 64.5 Å².